The van der Waals surface area contributed by atoms with Gasteiger partial charge in [0.2, 0.25) is 0 Å². The van der Waals surface area contributed by atoms with Crippen LogP contribution in [0.4, 0.5) is 0 Å². The highest BCUT2D eigenvalue weighted by Gasteiger charge is 2.19. The number of rotatable bonds is 6. The number of nitrogens with zero attached hydrogens (tertiary/aromatic N) is 5. The van der Waals surface area contributed by atoms with Gasteiger partial charge >= 0.3 is 0 Å². The van der Waals surface area contributed by atoms with Gasteiger partial charge in [-0.1, -0.05) is 29.8 Å². The number of carbonyl (C=O) groups excluding carboxylic acids is 1. The molecule has 7 nitrogen and oxygen atoms in total. The first kappa shape index (κ1) is 21.9. The molecule has 0 unspecified atom stereocenters. The van der Waals surface area contributed by atoms with Crippen LogP contribution in [0.2, 0.25) is 0 Å². The molecule has 0 aliphatic heterocycles. The number of amides is 1. The van der Waals surface area contributed by atoms with Crippen LogP contribution in [0.3, 0.4) is 0 Å². The number of hydrogen-bond acceptors (Lipinski definition) is 6. The number of benzene rings is 1. The highest BCUT2D eigenvalue weighted by atomic mass is 32.1. The van der Waals surface area contributed by atoms with Crippen LogP contribution in [0.15, 0.2) is 66.4 Å². The first-order valence-electron chi connectivity index (χ1n) is 11.1. The number of aromatic nitrogens is 5. The van der Waals surface area contributed by atoms with Crippen molar-refractivity contribution >= 4 is 28.3 Å². The number of thiazole rings is 1. The van der Waals surface area contributed by atoms with Gasteiger partial charge in [-0.3, -0.25) is 9.78 Å². The molecular formula is C26H24N6OS. The van der Waals surface area contributed by atoms with Crippen LogP contribution in [0.25, 0.3) is 33.5 Å². The van der Waals surface area contributed by atoms with Crippen molar-refractivity contribution < 1.29 is 4.79 Å². The smallest absolute Gasteiger partial charge is 0.252 e. The molecule has 170 valence electrons. The van der Waals surface area contributed by atoms with Crippen molar-refractivity contribution in [3.05, 3.63) is 82.6 Å². The summed E-state index contributed by atoms with van der Waals surface area (Å²) in [6.45, 7) is 6.49. The van der Waals surface area contributed by atoms with Gasteiger partial charge in [0.05, 0.1) is 35.1 Å². The second-order valence-electron chi connectivity index (χ2n) is 8.39. The SMILES string of the molecule is Cc1ccc(-c2cc(C(=O)NCc3nc(-c4ccncc4)cs3)c3cnn(C(C)C)c3n2)cc1. The van der Waals surface area contributed by atoms with Crippen molar-refractivity contribution in [2.24, 2.45) is 0 Å². The Kier molecular flexibility index (Phi) is 5.90. The minimum absolute atomic E-state index is 0.121. The van der Waals surface area contributed by atoms with Crippen LogP contribution in [0.1, 0.15) is 40.8 Å². The Morgan fingerprint density at radius 3 is 2.50 bits per heavy atom. The Morgan fingerprint density at radius 2 is 1.76 bits per heavy atom. The molecule has 8 heteroatoms. The van der Waals surface area contributed by atoms with Gasteiger partial charge in [-0.2, -0.15) is 5.10 Å². The Labute approximate surface area is 201 Å². The number of carbonyl (C=O) groups is 1. The van der Waals surface area contributed by atoms with Crippen LogP contribution < -0.4 is 5.32 Å². The Balaban J connectivity index is 1.45. The van der Waals surface area contributed by atoms with Gasteiger partial charge in [-0.25, -0.2) is 14.6 Å². The first-order valence-corrected chi connectivity index (χ1v) is 12.0. The molecule has 0 saturated heterocycles. The van der Waals surface area contributed by atoms with Gasteiger partial charge in [-0.05, 0) is 39.0 Å². The number of aryl methyl sites for hydroxylation is 1. The third-order valence-electron chi connectivity index (χ3n) is 5.58. The monoisotopic (exact) mass is 468 g/mol. The Morgan fingerprint density at radius 1 is 1.03 bits per heavy atom. The molecule has 0 fully saturated rings. The van der Waals surface area contributed by atoms with E-state index in [1.165, 1.54) is 16.9 Å². The third-order valence-corrected chi connectivity index (χ3v) is 6.42. The molecule has 0 atom stereocenters. The maximum absolute atomic E-state index is 13.3. The molecule has 4 aromatic heterocycles. The van der Waals surface area contributed by atoms with Crippen LogP contribution >= 0.6 is 11.3 Å². The second kappa shape index (κ2) is 9.15. The van der Waals surface area contributed by atoms with E-state index in [2.05, 4.69) is 34.2 Å². The molecule has 0 radical (unpaired) electrons. The predicted molar refractivity (Wildman–Crippen MR) is 135 cm³/mol. The largest absolute Gasteiger partial charge is 0.346 e. The van der Waals surface area contributed by atoms with E-state index in [9.17, 15) is 4.79 Å². The summed E-state index contributed by atoms with van der Waals surface area (Å²) in [5, 5.41) is 11.1. The lowest BCUT2D eigenvalue weighted by Gasteiger charge is -2.11. The highest BCUT2D eigenvalue weighted by molar-refractivity contribution is 7.09. The van der Waals surface area contributed by atoms with Gasteiger partial charge in [0, 0.05) is 34.9 Å². The lowest BCUT2D eigenvalue weighted by Crippen LogP contribution is -2.23. The summed E-state index contributed by atoms with van der Waals surface area (Å²) in [5.74, 6) is -0.176. The van der Waals surface area contributed by atoms with Crippen LogP contribution in [-0.4, -0.2) is 30.6 Å². The summed E-state index contributed by atoms with van der Waals surface area (Å²) in [4.78, 5) is 26.9. The number of nitrogens with one attached hydrogen (secondary N) is 1. The fourth-order valence-electron chi connectivity index (χ4n) is 3.75. The minimum Gasteiger partial charge on any atom is -0.346 e. The molecule has 4 heterocycles. The molecule has 1 amide bonds. The molecule has 0 aliphatic rings. The van der Waals surface area contributed by atoms with Crippen molar-refractivity contribution in [3.8, 4) is 22.5 Å². The third kappa shape index (κ3) is 4.32. The van der Waals surface area contributed by atoms with Crippen LogP contribution in [-0.2, 0) is 6.54 Å². The minimum atomic E-state index is -0.176. The lowest BCUT2D eigenvalue weighted by atomic mass is 10.1. The standard InChI is InChI=1S/C26H24N6OS/c1-16(2)32-25-21(13-29-32)20(12-22(31-25)18-6-4-17(3)5-7-18)26(33)28-14-24-30-23(15-34-24)19-8-10-27-11-9-19/h4-13,15-16H,14H2,1-3H3,(H,28,33). The fourth-order valence-corrected chi connectivity index (χ4v) is 4.50. The average molecular weight is 469 g/mol. The van der Waals surface area contributed by atoms with E-state index in [0.717, 1.165) is 32.9 Å². The summed E-state index contributed by atoms with van der Waals surface area (Å²) < 4.78 is 1.85. The van der Waals surface area contributed by atoms with E-state index in [0.29, 0.717) is 17.8 Å². The van der Waals surface area contributed by atoms with E-state index in [-0.39, 0.29) is 11.9 Å². The van der Waals surface area contributed by atoms with Gasteiger partial charge in [0.1, 0.15) is 5.01 Å². The molecule has 0 spiro atoms. The normalized spacial score (nSPS) is 11.3. The molecule has 1 N–H and O–H groups in total. The zero-order chi connectivity index (χ0) is 23.7. The van der Waals surface area contributed by atoms with Gasteiger partial charge in [0.25, 0.3) is 5.91 Å². The number of hydrogen-bond donors (Lipinski definition) is 1. The average Bonchev–Trinajstić information content (AvgIpc) is 3.50. The maximum atomic E-state index is 13.3. The number of pyridine rings is 2. The lowest BCUT2D eigenvalue weighted by molar-refractivity contribution is 0.0952. The van der Waals surface area contributed by atoms with Crippen molar-refractivity contribution in [2.75, 3.05) is 0 Å². The number of fused-ring (bicyclic) bond motifs is 1. The Hall–Kier alpha value is -3.91. The van der Waals surface area contributed by atoms with E-state index >= 15 is 0 Å². The van der Waals surface area contributed by atoms with Crippen molar-refractivity contribution in [1.82, 2.24) is 30.0 Å². The van der Waals surface area contributed by atoms with E-state index < -0.39 is 0 Å². The maximum Gasteiger partial charge on any atom is 0.252 e. The summed E-state index contributed by atoms with van der Waals surface area (Å²) >= 11 is 1.52. The highest BCUT2D eigenvalue weighted by Crippen LogP contribution is 2.27. The molecule has 0 bridgehead atoms. The van der Waals surface area contributed by atoms with Crippen molar-refractivity contribution in [1.29, 1.82) is 0 Å². The van der Waals surface area contributed by atoms with Gasteiger partial charge in [-0.15, -0.1) is 11.3 Å². The summed E-state index contributed by atoms with van der Waals surface area (Å²) in [5.41, 5.74) is 6.01. The zero-order valence-corrected chi connectivity index (χ0v) is 20.0. The molecular weight excluding hydrogens is 444 g/mol. The van der Waals surface area contributed by atoms with Crippen LogP contribution in [0.5, 0.6) is 0 Å². The molecule has 5 rings (SSSR count). The van der Waals surface area contributed by atoms with E-state index in [1.807, 2.05) is 59.5 Å². The fraction of sp³-hybridized carbons (Fsp3) is 0.192. The summed E-state index contributed by atoms with van der Waals surface area (Å²) in [6, 6.07) is 13.9. The molecule has 1 aromatic carbocycles. The van der Waals surface area contributed by atoms with E-state index in [1.54, 1.807) is 18.6 Å². The quantitative estimate of drug-likeness (QED) is 0.359. The molecule has 34 heavy (non-hydrogen) atoms. The predicted octanol–water partition coefficient (Wildman–Crippen LogP) is 5.44. The second-order valence-corrected chi connectivity index (χ2v) is 9.33. The van der Waals surface area contributed by atoms with Crippen molar-refractivity contribution in [2.45, 2.75) is 33.4 Å². The van der Waals surface area contributed by atoms with Crippen molar-refractivity contribution in [3.63, 3.8) is 0 Å². The topological polar surface area (TPSA) is 85.6 Å². The van der Waals surface area contributed by atoms with Gasteiger partial charge < -0.3 is 5.32 Å². The molecule has 5 aromatic rings. The molecule has 0 saturated carbocycles. The summed E-state index contributed by atoms with van der Waals surface area (Å²) in [6.07, 6.45) is 5.21. The van der Waals surface area contributed by atoms with E-state index in [4.69, 9.17) is 4.98 Å². The van der Waals surface area contributed by atoms with Crippen LogP contribution in [0, 0.1) is 6.92 Å². The molecule has 0 aliphatic carbocycles. The summed E-state index contributed by atoms with van der Waals surface area (Å²) in [7, 11) is 0. The zero-order valence-electron chi connectivity index (χ0n) is 19.2. The first-order chi connectivity index (χ1) is 16.5. The Bertz CT molecular complexity index is 1450. The van der Waals surface area contributed by atoms with Gasteiger partial charge in [0.15, 0.2) is 5.65 Å².